The number of hydrogen-bond donors (Lipinski definition) is 1. The molecule has 1 aromatic carbocycles. The highest BCUT2D eigenvalue weighted by atomic mass is 19.1. The average Bonchev–Trinajstić information content (AvgIpc) is 2.59. The topological polar surface area (TPSA) is 27.6 Å². The van der Waals surface area contributed by atoms with E-state index in [-0.39, 0.29) is 6.67 Å². The van der Waals surface area contributed by atoms with Crippen LogP contribution in [0.5, 0.6) is 0 Å². The predicted octanol–water partition coefficient (Wildman–Crippen LogP) is 3.44. The summed E-state index contributed by atoms with van der Waals surface area (Å²) in [5.74, 6) is 2.18. The lowest BCUT2D eigenvalue weighted by Crippen LogP contribution is -2.48. The van der Waals surface area contributed by atoms with E-state index in [9.17, 15) is 4.39 Å². The van der Waals surface area contributed by atoms with Crippen molar-refractivity contribution in [1.82, 2.24) is 10.2 Å². The Morgan fingerprint density at radius 2 is 2.14 bits per heavy atom. The second-order valence-electron chi connectivity index (χ2n) is 5.94. The van der Waals surface area contributed by atoms with Crippen LogP contribution in [0, 0.1) is 5.92 Å². The van der Waals surface area contributed by atoms with E-state index in [1.165, 1.54) is 5.56 Å². The molecule has 0 amide bonds. The molecule has 4 heteroatoms. The van der Waals surface area contributed by atoms with Crippen LogP contribution < -0.4 is 5.32 Å². The summed E-state index contributed by atoms with van der Waals surface area (Å²) in [4.78, 5) is 6.68. The van der Waals surface area contributed by atoms with Gasteiger partial charge in [0.1, 0.15) is 0 Å². The number of piperidine rings is 1. The maximum atomic E-state index is 12.3. The lowest BCUT2D eigenvalue weighted by Gasteiger charge is -2.40. The van der Waals surface area contributed by atoms with Gasteiger partial charge in [-0.1, -0.05) is 43.7 Å². The van der Waals surface area contributed by atoms with Crippen LogP contribution >= 0.6 is 0 Å². The number of alkyl halides is 1. The zero-order valence-corrected chi connectivity index (χ0v) is 13.8. The zero-order chi connectivity index (χ0) is 15.8. The van der Waals surface area contributed by atoms with Crippen molar-refractivity contribution in [2.45, 2.75) is 32.1 Å². The van der Waals surface area contributed by atoms with Crippen molar-refractivity contribution in [2.75, 3.05) is 33.4 Å². The summed E-state index contributed by atoms with van der Waals surface area (Å²) in [7, 11) is 1.81. The molecule has 122 valence electrons. The summed E-state index contributed by atoms with van der Waals surface area (Å²) in [5, 5.41) is 3.28. The fourth-order valence-corrected chi connectivity index (χ4v) is 3.38. The first-order chi connectivity index (χ1) is 10.8. The molecule has 1 N–H and O–H groups in total. The maximum absolute atomic E-state index is 12.3. The van der Waals surface area contributed by atoms with E-state index < -0.39 is 0 Å². The van der Waals surface area contributed by atoms with Crippen LogP contribution in [-0.4, -0.2) is 44.2 Å². The highest BCUT2D eigenvalue weighted by Crippen LogP contribution is 2.34. The third-order valence-corrected chi connectivity index (χ3v) is 4.59. The van der Waals surface area contributed by atoms with Gasteiger partial charge in [0.05, 0.1) is 6.67 Å². The number of rotatable bonds is 5. The molecular weight excluding hydrogens is 277 g/mol. The molecule has 2 unspecified atom stereocenters. The van der Waals surface area contributed by atoms with E-state index in [0.717, 1.165) is 31.9 Å². The zero-order valence-electron chi connectivity index (χ0n) is 13.8. The van der Waals surface area contributed by atoms with Crippen molar-refractivity contribution in [3.63, 3.8) is 0 Å². The highest BCUT2D eigenvalue weighted by molar-refractivity contribution is 5.80. The number of nitrogens with zero attached hydrogens (tertiary/aromatic N) is 2. The molecule has 1 fully saturated rings. The normalized spacial score (nSPS) is 22.7. The first kappa shape index (κ1) is 16.8. The Kier molecular flexibility index (Phi) is 6.69. The molecule has 0 radical (unpaired) electrons. The van der Waals surface area contributed by atoms with Crippen LogP contribution in [0.15, 0.2) is 35.3 Å². The van der Waals surface area contributed by atoms with E-state index in [2.05, 4.69) is 52.5 Å². The molecule has 0 bridgehead atoms. The first-order valence-corrected chi connectivity index (χ1v) is 8.36. The van der Waals surface area contributed by atoms with Crippen molar-refractivity contribution < 1.29 is 4.39 Å². The summed E-state index contributed by atoms with van der Waals surface area (Å²) < 4.78 is 12.3. The molecular formula is C18H28FN3. The minimum absolute atomic E-state index is 0.280. The van der Waals surface area contributed by atoms with Crippen molar-refractivity contribution in [2.24, 2.45) is 10.9 Å². The van der Waals surface area contributed by atoms with Gasteiger partial charge in [0, 0.05) is 26.7 Å². The number of benzene rings is 1. The Balaban J connectivity index is 1.99. The van der Waals surface area contributed by atoms with Crippen LogP contribution in [-0.2, 0) is 0 Å². The van der Waals surface area contributed by atoms with Gasteiger partial charge in [-0.15, -0.1) is 0 Å². The number of aliphatic imine (C=N–C) groups is 1. The van der Waals surface area contributed by atoms with E-state index >= 15 is 0 Å². The van der Waals surface area contributed by atoms with Crippen molar-refractivity contribution >= 4 is 5.96 Å². The minimum Gasteiger partial charge on any atom is -0.356 e. The largest absolute Gasteiger partial charge is 0.356 e. The quantitative estimate of drug-likeness (QED) is 0.513. The average molecular weight is 305 g/mol. The van der Waals surface area contributed by atoms with E-state index in [1.807, 2.05) is 7.05 Å². The molecule has 0 saturated carbocycles. The van der Waals surface area contributed by atoms with Crippen LogP contribution in [0.25, 0.3) is 0 Å². The maximum Gasteiger partial charge on any atom is 0.193 e. The molecule has 1 heterocycles. The van der Waals surface area contributed by atoms with E-state index in [0.29, 0.717) is 24.8 Å². The van der Waals surface area contributed by atoms with Gasteiger partial charge in [0.2, 0.25) is 0 Å². The van der Waals surface area contributed by atoms with Crippen molar-refractivity contribution in [3.8, 4) is 0 Å². The van der Waals surface area contributed by atoms with Gasteiger partial charge in [0.15, 0.2) is 5.96 Å². The van der Waals surface area contributed by atoms with Gasteiger partial charge in [-0.25, -0.2) is 0 Å². The van der Waals surface area contributed by atoms with Crippen molar-refractivity contribution in [3.05, 3.63) is 35.9 Å². The monoisotopic (exact) mass is 305 g/mol. The molecule has 1 aliphatic heterocycles. The summed E-state index contributed by atoms with van der Waals surface area (Å²) in [5.41, 5.74) is 1.45. The second kappa shape index (κ2) is 8.76. The molecule has 1 aliphatic rings. The Morgan fingerprint density at radius 1 is 1.36 bits per heavy atom. The SMILES string of the molecule is CCC1CN(C(=NC)NCCCF)CCC1c1ccccc1. The second-order valence-corrected chi connectivity index (χ2v) is 5.94. The van der Waals surface area contributed by atoms with Gasteiger partial charge in [-0.2, -0.15) is 0 Å². The Morgan fingerprint density at radius 3 is 2.77 bits per heavy atom. The molecule has 1 aromatic rings. The molecule has 22 heavy (non-hydrogen) atoms. The van der Waals surface area contributed by atoms with Crippen LogP contribution in [0.4, 0.5) is 4.39 Å². The first-order valence-electron chi connectivity index (χ1n) is 8.36. The van der Waals surface area contributed by atoms with E-state index in [4.69, 9.17) is 0 Å². The third-order valence-electron chi connectivity index (χ3n) is 4.59. The van der Waals surface area contributed by atoms with E-state index in [1.54, 1.807) is 0 Å². The molecule has 2 atom stereocenters. The number of likely N-dealkylation sites (tertiary alicyclic amines) is 1. The lowest BCUT2D eigenvalue weighted by molar-refractivity contribution is 0.215. The number of guanidine groups is 1. The third kappa shape index (κ3) is 4.21. The van der Waals surface area contributed by atoms with Gasteiger partial charge in [-0.05, 0) is 30.2 Å². The summed E-state index contributed by atoms with van der Waals surface area (Å²) in [6.07, 6.45) is 2.85. The standard InChI is InChI=1S/C18H28FN3/c1-3-15-14-22(18(20-2)21-12-7-11-19)13-10-17(15)16-8-5-4-6-9-16/h4-6,8-9,15,17H,3,7,10-14H2,1-2H3,(H,20,21). The van der Waals surface area contributed by atoms with Gasteiger partial charge >= 0.3 is 0 Å². The lowest BCUT2D eigenvalue weighted by atomic mass is 9.79. The fraction of sp³-hybridized carbons (Fsp3) is 0.611. The Hall–Kier alpha value is -1.58. The minimum atomic E-state index is -0.280. The molecule has 0 spiro atoms. The van der Waals surface area contributed by atoms with Crippen LogP contribution in [0.1, 0.15) is 37.7 Å². The predicted molar refractivity (Wildman–Crippen MR) is 91.1 cm³/mol. The fourth-order valence-electron chi connectivity index (χ4n) is 3.38. The Bertz CT molecular complexity index is 461. The molecule has 2 rings (SSSR count). The van der Waals surface area contributed by atoms with Crippen LogP contribution in [0.2, 0.25) is 0 Å². The van der Waals surface area contributed by atoms with Crippen LogP contribution in [0.3, 0.4) is 0 Å². The highest BCUT2D eigenvalue weighted by Gasteiger charge is 2.30. The molecule has 0 aromatic heterocycles. The molecule has 1 saturated heterocycles. The number of nitrogens with one attached hydrogen (secondary N) is 1. The number of hydrogen-bond acceptors (Lipinski definition) is 1. The summed E-state index contributed by atoms with van der Waals surface area (Å²) in [6, 6.07) is 10.8. The van der Waals surface area contributed by atoms with Gasteiger partial charge in [-0.3, -0.25) is 9.38 Å². The molecule has 3 nitrogen and oxygen atoms in total. The summed E-state index contributed by atoms with van der Waals surface area (Å²) >= 11 is 0. The van der Waals surface area contributed by atoms with Crippen molar-refractivity contribution in [1.29, 1.82) is 0 Å². The smallest absolute Gasteiger partial charge is 0.193 e. The number of halogens is 1. The summed E-state index contributed by atoms with van der Waals surface area (Å²) in [6.45, 7) is 4.66. The van der Waals surface area contributed by atoms with Gasteiger partial charge < -0.3 is 10.2 Å². The Labute approximate surface area is 133 Å². The van der Waals surface area contributed by atoms with Gasteiger partial charge in [0.25, 0.3) is 0 Å². The molecule has 0 aliphatic carbocycles.